The van der Waals surface area contributed by atoms with Crippen LogP contribution in [0.5, 0.6) is 0 Å². The van der Waals surface area contributed by atoms with Crippen molar-refractivity contribution in [3.8, 4) is 0 Å². The van der Waals surface area contributed by atoms with Crippen LogP contribution in [0.3, 0.4) is 0 Å². The smallest absolute Gasteiger partial charge is 0.462 e. The summed E-state index contributed by atoms with van der Waals surface area (Å²) in [6.45, 7) is 3.67. The lowest BCUT2D eigenvalue weighted by Crippen LogP contribution is -2.29. The molecule has 0 aliphatic carbocycles. The normalized spacial score (nSPS) is 13.2. The zero-order valence-electron chi connectivity index (χ0n) is 35.5. The Morgan fingerprint density at radius 3 is 1.13 bits per heavy atom. The molecule has 0 aliphatic heterocycles. The van der Waals surface area contributed by atoms with Crippen molar-refractivity contribution in [2.75, 3.05) is 26.4 Å². The molecule has 0 aliphatic rings. The Labute approximate surface area is 333 Å². The summed E-state index contributed by atoms with van der Waals surface area (Å²) in [6, 6.07) is 0. The van der Waals surface area contributed by atoms with E-state index in [0.29, 0.717) is 6.42 Å². The number of unbranched alkanes of at least 4 members (excludes halogenated alkanes) is 31. The maximum absolute atomic E-state index is 12.5. The van der Waals surface area contributed by atoms with Gasteiger partial charge in [-0.15, -0.1) is 0 Å². The summed E-state index contributed by atoms with van der Waals surface area (Å²) < 4.78 is 32.5. The third-order valence-corrected chi connectivity index (χ3v) is 11.2. The largest absolute Gasteiger partial charge is 0.472 e. The third-order valence-electron chi connectivity index (χ3n) is 10.2. The number of rotatable bonds is 44. The minimum atomic E-state index is -4.36. The van der Waals surface area contributed by atoms with E-state index in [1.54, 1.807) is 0 Å². The fourth-order valence-electron chi connectivity index (χ4n) is 6.81. The van der Waals surface area contributed by atoms with Crippen molar-refractivity contribution in [2.24, 2.45) is 5.73 Å². The highest BCUT2D eigenvalue weighted by Gasteiger charge is 2.26. The predicted octanol–water partition coefficient (Wildman–Crippen LogP) is 13.2. The highest BCUT2D eigenvalue weighted by molar-refractivity contribution is 7.47. The second-order valence-corrected chi connectivity index (χ2v) is 17.1. The van der Waals surface area contributed by atoms with Gasteiger partial charge in [-0.2, -0.15) is 0 Å². The van der Waals surface area contributed by atoms with Crippen LogP contribution in [-0.4, -0.2) is 49.3 Å². The van der Waals surface area contributed by atoms with Crippen molar-refractivity contribution in [2.45, 2.75) is 245 Å². The van der Waals surface area contributed by atoms with E-state index in [-0.39, 0.29) is 38.6 Å². The van der Waals surface area contributed by atoms with Crippen LogP contribution in [0.25, 0.3) is 0 Å². The molecule has 322 valence electrons. The Balaban J connectivity index is 3.74. The number of hydrogen-bond acceptors (Lipinski definition) is 8. The molecule has 0 fully saturated rings. The van der Waals surface area contributed by atoms with Gasteiger partial charge < -0.3 is 20.1 Å². The summed E-state index contributed by atoms with van der Waals surface area (Å²) in [5, 5.41) is 0. The minimum absolute atomic E-state index is 0.0574. The molecule has 0 radical (unpaired) electrons. The fraction of sp³-hybridized carbons (Fsp3) is 0.955. The second kappa shape index (κ2) is 41.6. The van der Waals surface area contributed by atoms with Gasteiger partial charge in [-0.25, -0.2) is 4.57 Å². The van der Waals surface area contributed by atoms with E-state index < -0.39 is 26.5 Å². The van der Waals surface area contributed by atoms with Crippen LogP contribution in [0.1, 0.15) is 239 Å². The summed E-state index contributed by atoms with van der Waals surface area (Å²) in [4.78, 5) is 34.5. The van der Waals surface area contributed by atoms with Gasteiger partial charge in [0.15, 0.2) is 6.10 Å². The Kier molecular flexibility index (Phi) is 40.9. The van der Waals surface area contributed by atoms with Gasteiger partial charge in [-0.1, -0.05) is 213 Å². The number of carbonyl (C=O) groups excluding carboxylic acids is 2. The molecule has 54 heavy (non-hydrogen) atoms. The average Bonchev–Trinajstić information content (AvgIpc) is 3.16. The molecule has 2 atom stereocenters. The lowest BCUT2D eigenvalue weighted by atomic mass is 10.0. The van der Waals surface area contributed by atoms with E-state index >= 15 is 0 Å². The molecule has 0 aromatic rings. The number of esters is 2. The Bertz CT molecular complexity index is 860. The van der Waals surface area contributed by atoms with E-state index in [1.165, 1.54) is 161 Å². The van der Waals surface area contributed by atoms with Crippen LogP contribution >= 0.6 is 7.82 Å². The van der Waals surface area contributed by atoms with Gasteiger partial charge >= 0.3 is 19.8 Å². The summed E-state index contributed by atoms with van der Waals surface area (Å²) in [5.74, 6) is -0.829. The Morgan fingerprint density at radius 2 is 0.796 bits per heavy atom. The quantitative estimate of drug-likeness (QED) is 0.0351. The van der Waals surface area contributed by atoms with Gasteiger partial charge in [0.2, 0.25) is 0 Å². The highest BCUT2D eigenvalue weighted by Crippen LogP contribution is 2.43. The van der Waals surface area contributed by atoms with Crippen LogP contribution < -0.4 is 5.73 Å². The molecule has 0 saturated heterocycles. The maximum atomic E-state index is 12.5. The van der Waals surface area contributed by atoms with E-state index in [0.717, 1.165) is 44.9 Å². The van der Waals surface area contributed by atoms with Crippen molar-refractivity contribution >= 4 is 19.8 Å². The van der Waals surface area contributed by atoms with Crippen LogP contribution in [-0.2, 0) is 32.7 Å². The van der Waals surface area contributed by atoms with Crippen LogP contribution in [0.2, 0.25) is 0 Å². The number of carbonyl (C=O) groups is 2. The summed E-state index contributed by atoms with van der Waals surface area (Å²) >= 11 is 0. The first kappa shape index (κ1) is 53.0. The van der Waals surface area contributed by atoms with E-state index in [2.05, 4.69) is 13.8 Å². The summed E-state index contributed by atoms with van der Waals surface area (Å²) in [5.41, 5.74) is 5.33. The number of ether oxygens (including phenoxy) is 2. The standard InChI is InChI=1S/C44H88NO8P/c1-3-5-7-9-10-11-12-13-14-15-16-17-18-19-20-21-22-23-24-25-26-27-28-29-30-31-33-35-37-44(47)53-42(41-52-54(48,49)51-39-38-45)40-50-43(46)36-34-32-8-6-4-2/h42H,3-41,45H2,1-2H3,(H,48,49). The van der Waals surface area contributed by atoms with Gasteiger partial charge in [0.25, 0.3) is 0 Å². The fourth-order valence-corrected chi connectivity index (χ4v) is 7.58. The molecule has 0 heterocycles. The molecule has 0 rings (SSSR count). The zero-order chi connectivity index (χ0) is 39.6. The average molecular weight is 790 g/mol. The molecule has 10 heteroatoms. The number of phosphoric acid groups is 1. The van der Waals surface area contributed by atoms with Crippen molar-refractivity contribution in [3.63, 3.8) is 0 Å². The molecular formula is C44H88NO8P. The topological polar surface area (TPSA) is 134 Å². The summed E-state index contributed by atoms with van der Waals surface area (Å²) in [7, 11) is -4.36. The number of hydrogen-bond donors (Lipinski definition) is 2. The lowest BCUT2D eigenvalue weighted by Gasteiger charge is -2.19. The minimum Gasteiger partial charge on any atom is -0.462 e. The van der Waals surface area contributed by atoms with Crippen molar-refractivity contribution in [3.05, 3.63) is 0 Å². The third kappa shape index (κ3) is 40.7. The van der Waals surface area contributed by atoms with Crippen molar-refractivity contribution in [1.82, 2.24) is 0 Å². The molecule has 3 N–H and O–H groups in total. The zero-order valence-corrected chi connectivity index (χ0v) is 36.4. The van der Waals surface area contributed by atoms with Gasteiger partial charge in [-0.05, 0) is 12.8 Å². The number of nitrogens with two attached hydrogens (primary N) is 1. The molecule has 9 nitrogen and oxygen atoms in total. The first-order valence-electron chi connectivity index (χ1n) is 23.0. The van der Waals surface area contributed by atoms with Crippen LogP contribution in [0, 0.1) is 0 Å². The first-order chi connectivity index (χ1) is 26.3. The molecule has 0 aromatic heterocycles. The molecule has 0 amide bonds. The van der Waals surface area contributed by atoms with Gasteiger partial charge in [0.1, 0.15) is 6.61 Å². The summed E-state index contributed by atoms with van der Waals surface area (Å²) in [6.07, 6.45) is 42.1. The molecule has 0 spiro atoms. The molecule has 2 unspecified atom stereocenters. The molecule has 0 aromatic carbocycles. The van der Waals surface area contributed by atoms with E-state index in [4.69, 9.17) is 24.3 Å². The highest BCUT2D eigenvalue weighted by atomic mass is 31.2. The maximum Gasteiger partial charge on any atom is 0.472 e. The predicted molar refractivity (Wildman–Crippen MR) is 225 cm³/mol. The Hall–Kier alpha value is -0.990. The van der Waals surface area contributed by atoms with Crippen molar-refractivity contribution < 1.29 is 37.6 Å². The van der Waals surface area contributed by atoms with E-state index in [1.807, 2.05) is 0 Å². The number of phosphoric ester groups is 1. The second-order valence-electron chi connectivity index (χ2n) is 15.6. The van der Waals surface area contributed by atoms with Gasteiger partial charge in [0.05, 0.1) is 13.2 Å². The monoisotopic (exact) mass is 790 g/mol. The van der Waals surface area contributed by atoms with Crippen LogP contribution in [0.15, 0.2) is 0 Å². The van der Waals surface area contributed by atoms with E-state index in [9.17, 15) is 19.0 Å². The van der Waals surface area contributed by atoms with Gasteiger partial charge in [-0.3, -0.25) is 18.6 Å². The lowest BCUT2D eigenvalue weighted by molar-refractivity contribution is -0.161. The molecule has 0 bridgehead atoms. The molecular weight excluding hydrogens is 701 g/mol. The van der Waals surface area contributed by atoms with Crippen molar-refractivity contribution in [1.29, 1.82) is 0 Å². The van der Waals surface area contributed by atoms with Gasteiger partial charge in [0, 0.05) is 19.4 Å². The van der Waals surface area contributed by atoms with Crippen LogP contribution in [0.4, 0.5) is 0 Å². The Morgan fingerprint density at radius 1 is 0.481 bits per heavy atom. The first-order valence-corrected chi connectivity index (χ1v) is 24.5. The SMILES string of the molecule is CCCCCCCCCCCCCCCCCCCCCCCCCCCCCCC(=O)OC(COC(=O)CCCCCCC)COP(=O)(O)OCCN. The molecule has 0 saturated carbocycles.